The van der Waals surface area contributed by atoms with E-state index in [1.807, 2.05) is 24.3 Å². The molecule has 5 nitrogen and oxygen atoms in total. The first-order valence-electron chi connectivity index (χ1n) is 10.5. The van der Waals surface area contributed by atoms with Gasteiger partial charge in [0, 0.05) is 17.7 Å². The van der Waals surface area contributed by atoms with Crippen molar-refractivity contribution in [1.82, 2.24) is 0 Å². The molecular weight excluding hydrogens is 397 g/mol. The molecule has 31 heavy (non-hydrogen) atoms. The number of nitrogens with zero attached hydrogens (tertiary/aromatic N) is 1. The first-order valence-corrected chi connectivity index (χ1v) is 10.5. The van der Waals surface area contributed by atoms with E-state index in [9.17, 15) is 9.18 Å². The molecule has 0 N–H and O–H groups in total. The minimum atomic E-state index is -0.563. The van der Waals surface area contributed by atoms with Crippen LogP contribution in [-0.2, 0) is 11.2 Å². The number of halogens is 1. The molecule has 1 aromatic carbocycles. The van der Waals surface area contributed by atoms with Gasteiger partial charge < -0.3 is 13.9 Å². The zero-order chi connectivity index (χ0) is 21.4. The molecule has 1 saturated carbocycles. The van der Waals surface area contributed by atoms with Crippen LogP contribution in [0, 0.1) is 11.7 Å². The Morgan fingerprint density at radius 1 is 1.19 bits per heavy atom. The second-order valence-corrected chi connectivity index (χ2v) is 7.84. The van der Waals surface area contributed by atoms with Gasteiger partial charge >= 0.3 is 5.97 Å². The molecule has 5 rings (SSSR count). The highest BCUT2D eigenvalue weighted by Crippen LogP contribution is 2.44. The van der Waals surface area contributed by atoms with E-state index in [4.69, 9.17) is 14.1 Å². The molecule has 0 saturated heterocycles. The summed E-state index contributed by atoms with van der Waals surface area (Å²) in [6.45, 7) is 0. The Kier molecular flexibility index (Phi) is 5.06. The van der Waals surface area contributed by atoms with Crippen molar-refractivity contribution in [2.45, 2.75) is 32.1 Å². The summed E-state index contributed by atoms with van der Waals surface area (Å²) < 4.78 is 30.4. The van der Waals surface area contributed by atoms with Crippen molar-refractivity contribution in [3.05, 3.63) is 88.3 Å². The Morgan fingerprint density at radius 2 is 2.03 bits per heavy atom. The molecule has 2 aromatic rings. The van der Waals surface area contributed by atoms with Crippen molar-refractivity contribution in [3.63, 3.8) is 0 Å². The number of esters is 1. The standard InChI is InChI=1S/C25H22FNO4/c1-29-25(28)21-12-13-22(31-21)30-20-11-10-16(14-15-6-2-4-8-18(15)26)23-17-7-3-5-9-19(17)27-24(20)23/h2,4,6,8,10-13,16H,3,5,7,9,14H2,1H3. The van der Waals surface area contributed by atoms with Gasteiger partial charge in [0.25, 0.3) is 5.95 Å². The summed E-state index contributed by atoms with van der Waals surface area (Å²) in [6.07, 6.45) is 8.63. The average molecular weight is 419 g/mol. The zero-order valence-corrected chi connectivity index (χ0v) is 17.2. The molecule has 1 unspecified atom stereocenters. The summed E-state index contributed by atoms with van der Waals surface area (Å²) in [5.74, 6) is 0.106. The minimum Gasteiger partial charge on any atom is -0.463 e. The van der Waals surface area contributed by atoms with Crippen LogP contribution in [0.25, 0.3) is 0 Å². The lowest BCUT2D eigenvalue weighted by Crippen LogP contribution is -2.16. The number of rotatable bonds is 5. The van der Waals surface area contributed by atoms with Gasteiger partial charge in [-0.15, -0.1) is 0 Å². The number of furan rings is 1. The van der Waals surface area contributed by atoms with Crippen molar-refractivity contribution in [3.8, 4) is 5.95 Å². The van der Waals surface area contributed by atoms with Gasteiger partial charge in [-0.1, -0.05) is 24.3 Å². The summed E-state index contributed by atoms with van der Waals surface area (Å²) in [6, 6.07) is 10.00. The molecule has 3 aliphatic rings. The van der Waals surface area contributed by atoms with Crippen LogP contribution in [0.4, 0.5) is 4.39 Å². The third-order valence-corrected chi connectivity index (χ3v) is 5.93. The van der Waals surface area contributed by atoms with Crippen LogP contribution in [0.1, 0.15) is 41.8 Å². The summed E-state index contributed by atoms with van der Waals surface area (Å²) in [5, 5.41) is 0. The highest BCUT2D eigenvalue weighted by molar-refractivity contribution is 6.06. The van der Waals surface area contributed by atoms with Crippen LogP contribution in [-0.4, -0.2) is 18.8 Å². The van der Waals surface area contributed by atoms with Crippen molar-refractivity contribution in [2.75, 3.05) is 7.11 Å². The summed E-state index contributed by atoms with van der Waals surface area (Å²) >= 11 is 0. The predicted octanol–water partition coefficient (Wildman–Crippen LogP) is 5.55. The van der Waals surface area contributed by atoms with Crippen LogP contribution in [0.5, 0.6) is 5.95 Å². The van der Waals surface area contributed by atoms with Crippen molar-refractivity contribution >= 4 is 11.7 Å². The fraction of sp³-hybridized carbons (Fsp3) is 0.280. The second-order valence-electron chi connectivity index (χ2n) is 7.84. The lowest BCUT2D eigenvalue weighted by molar-refractivity contribution is 0.0559. The van der Waals surface area contributed by atoms with Gasteiger partial charge in [-0.2, -0.15) is 0 Å². The van der Waals surface area contributed by atoms with Crippen LogP contribution in [0.15, 0.2) is 80.6 Å². The van der Waals surface area contributed by atoms with E-state index in [1.54, 1.807) is 12.1 Å². The fourth-order valence-corrected chi connectivity index (χ4v) is 4.45. The Bertz CT molecular complexity index is 1170. The van der Waals surface area contributed by atoms with E-state index in [0.29, 0.717) is 17.7 Å². The molecule has 2 aliphatic carbocycles. The molecule has 1 fully saturated rings. The summed E-state index contributed by atoms with van der Waals surface area (Å²) in [4.78, 5) is 16.6. The molecule has 6 heteroatoms. The molecule has 0 radical (unpaired) electrons. The van der Waals surface area contributed by atoms with Gasteiger partial charge in [-0.05, 0) is 67.0 Å². The molecule has 0 bridgehead atoms. The lowest BCUT2D eigenvalue weighted by Gasteiger charge is -2.24. The maximum Gasteiger partial charge on any atom is 0.374 e. The molecule has 158 valence electrons. The van der Waals surface area contributed by atoms with Gasteiger partial charge in [0.05, 0.1) is 7.11 Å². The normalized spacial score (nSPS) is 19.8. The van der Waals surface area contributed by atoms with Gasteiger partial charge in [0.15, 0.2) is 5.76 Å². The largest absolute Gasteiger partial charge is 0.463 e. The Morgan fingerprint density at radius 3 is 2.87 bits per heavy atom. The SMILES string of the molecule is COC(=O)c1ccc(OC2=C3N=C4CCCCC4=C3C(Cc3ccccc3F)C=C2)o1. The van der Waals surface area contributed by atoms with E-state index < -0.39 is 5.97 Å². The number of hydrogen-bond acceptors (Lipinski definition) is 5. The molecule has 1 atom stereocenters. The average Bonchev–Trinajstić information content (AvgIpc) is 3.41. The topological polar surface area (TPSA) is 61.0 Å². The second kappa shape index (κ2) is 8.02. The first-order chi connectivity index (χ1) is 15.1. The monoisotopic (exact) mass is 419 g/mol. The molecule has 0 amide bonds. The summed E-state index contributed by atoms with van der Waals surface area (Å²) in [5.41, 5.74) is 4.96. The first kappa shape index (κ1) is 19.5. The number of fused-ring (bicyclic) bond motifs is 2. The van der Waals surface area contributed by atoms with Crippen LogP contribution in [0.3, 0.4) is 0 Å². The number of allylic oxidation sites excluding steroid dienone is 4. The smallest absolute Gasteiger partial charge is 0.374 e. The predicted molar refractivity (Wildman–Crippen MR) is 113 cm³/mol. The molecule has 2 heterocycles. The maximum atomic E-state index is 14.3. The van der Waals surface area contributed by atoms with Crippen molar-refractivity contribution < 1.29 is 23.1 Å². The van der Waals surface area contributed by atoms with Crippen LogP contribution < -0.4 is 4.74 Å². The number of carbonyl (C=O) groups excluding carboxylic acids is 1. The zero-order valence-electron chi connectivity index (χ0n) is 17.2. The van der Waals surface area contributed by atoms with E-state index >= 15 is 0 Å². The third kappa shape index (κ3) is 3.63. The van der Waals surface area contributed by atoms with Gasteiger partial charge in [0.2, 0.25) is 5.76 Å². The minimum absolute atomic E-state index is 0.0239. The number of ether oxygens (including phenoxy) is 2. The van der Waals surface area contributed by atoms with Crippen molar-refractivity contribution in [1.29, 1.82) is 0 Å². The third-order valence-electron chi connectivity index (χ3n) is 5.93. The highest BCUT2D eigenvalue weighted by atomic mass is 19.1. The quantitative estimate of drug-likeness (QED) is 0.596. The highest BCUT2D eigenvalue weighted by Gasteiger charge is 2.34. The molecule has 1 aliphatic heterocycles. The van der Waals surface area contributed by atoms with Crippen molar-refractivity contribution in [2.24, 2.45) is 10.9 Å². The Labute approximate surface area is 179 Å². The Hall–Kier alpha value is -3.41. The number of carbonyl (C=O) groups is 1. The molecule has 1 aromatic heterocycles. The number of benzene rings is 1. The van der Waals surface area contributed by atoms with Crippen LogP contribution >= 0.6 is 0 Å². The number of aliphatic imine (C=N–C) groups is 1. The van der Waals surface area contributed by atoms with Gasteiger partial charge in [-0.3, -0.25) is 0 Å². The molecule has 0 spiro atoms. The molecular formula is C25H22FNO4. The Balaban J connectivity index is 1.49. The fourth-order valence-electron chi connectivity index (χ4n) is 4.45. The van der Waals surface area contributed by atoms with Gasteiger partial charge in [0.1, 0.15) is 11.5 Å². The number of hydrogen-bond donors (Lipinski definition) is 0. The van der Waals surface area contributed by atoms with E-state index in [-0.39, 0.29) is 23.4 Å². The van der Waals surface area contributed by atoms with E-state index in [1.165, 1.54) is 24.8 Å². The van der Waals surface area contributed by atoms with Gasteiger partial charge in [-0.25, -0.2) is 14.2 Å². The lowest BCUT2D eigenvalue weighted by atomic mass is 9.80. The van der Waals surface area contributed by atoms with E-state index in [2.05, 4.69) is 4.74 Å². The van der Waals surface area contributed by atoms with Crippen LogP contribution in [0.2, 0.25) is 0 Å². The van der Waals surface area contributed by atoms with E-state index in [0.717, 1.165) is 42.7 Å². The maximum absolute atomic E-state index is 14.3. The number of methoxy groups -OCH3 is 1. The summed E-state index contributed by atoms with van der Waals surface area (Å²) in [7, 11) is 1.30.